The van der Waals surface area contributed by atoms with E-state index in [2.05, 4.69) is 6.07 Å². The maximum atomic E-state index is 10.8. The molecule has 0 unspecified atom stereocenters. The molecule has 0 saturated heterocycles. The van der Waals surface area contributed by atoms with Crippen LogP contribution in [0.15, 0.2) is 48.5 Å². The van der Waals surface area contributed by atoms with Crippen LogP contribution in [0.4, 0.5) is 0 Å². The van der Waals surface area contributed by atoms with Crippen LogP contribution in [0.1, 0.15) is 11.1 Å². The van der Waals surface area contributed by atoms with Gasteiger partial charge in [-0.1, -0.05) is 36.4 Å². The standard InChI is InChI=1S/C15H11NO2/c16-10-11-5-7-12(8-6-11)14-4-2-1-3-13(14)9-15(17)18/h1-8H,9H2,(H,17,18). The van der Waals surface area contributed by atoms with Crippen molar-refractivity contribution in [2.24, 2.45) is 0 Å². The summed E-state index contributed by atoms with van der Waals surface area (Å²) in [5, 5.41) is 17.6. The molecule has 0 heterocycles. The highest BCUT2D eigenvalue weighted by atomic mass is 16.4. The fraction of sp³-hybridized carbons (Fsp3) is 0.0667. The lowest BCUT2D eigenvalue weighted by Crippen LogP contribution is -2.01. The third-order valence-corrected chi connectivity index (χ3v) is 2.68. The van der Waals surface area contributed by atoms with E-state index in [0.717, 1.165) is 16.7 Å². The Morgan fingerprint density at radius 1 is 1.11 bits per heavy atom. The summed E-state index contributed by atoms with van der Waals surface area (Å²) in [6.45, 7) is 0. The third-order valence-electron chi connectivity index (χ3n) is 2.68. The molecule has 0 aromatic heterocycles. The molecule has 0 aliphatic rings. The van der Waals surface area contributed by atoms with Crippen molar-refractivity contribution < 1.29 is 9.90 Å². The highest BCUT2D eigenvalue weighted by molar-refractivity contribution is 5.76. The lowest BCUT2D eigenvalue weighted by molar-refractivity contribution is -0.136. The van der Waals surface area contributed by atoms with Crippen LogP contribution in [0.25, 0.3) is 11.1 Å². The van der Waals surface area contributed by atoms with Gasteiger partial charge in [-0.05, 0) is 28.8 Å². The molecule has 0 saturated carbocycles. The number of carbonyl (C=O) groups is 1. The highest BCUT2D eigenvalue weighted by Crippen LogP contribution is 2.24. The van der Waals surface area contributed by atoms with Gasteiger partial charge in [0.1, 0.15) is 0 Å². The molecule has 0 aliphatic carbocycles. The number of aliphatic carboxylic acids is 1. The first-order valence-corrected chi connectivity index (χ1v) is 5.51. The zero-order chi connectivity index (χ0) is 13.0. The number of rotatable bonds is 3. The van der Waals surface area contributed by atoms with E-state index < -0.39 is 5.97 Å². The lowest BCUT2D eigenvalue weighted by atomic mass is 9.97. The molecular weight excluding hydrogens is 226 g/mol. The van der Waals surface area contributed by atoms with E-state index >= 15 is 0 Å². The SMILES string of the molecule is N#Cc1ccc(-c2ccccc2CC(=O)O)cc1. The van der Waals surface area contributed by atoms with Crippen LogP contribution in [0.2, 0.25) is 0 Å². The van der Waals surface area contributed by atoms with Gasteiger partial charge in [0.2, 0.25) is 0 Å². The summed E-state index contributed by atoms with van der Waals surface area (Å²) in [5.74, 6) is -0.851. The van der Waals surface area contributed by atoms with Crippen molar-refractivity contribution in [1.82, 2.24) is 0 Å². The van der Waals surface area contributed by atoms with E-state index in [1.165, 1.54) is 0 Å². The monoisotopic (exact) mass is 237 g/mol. The largest absolute Gasteiger partial charge is 0.481 e. The number of nitrogens with zero attached hydrogens (tertiary/aromatic N) is 1. The van der Waals surface area contributed by atoms with Crippen LogP contribution < -0.4 is 0 Å². The van der Waals surface area contributed by atoms with Crippen LogP contribution in [0.3, 0.4) is 0 Å². The van der Waals surface area contributed by atoms with Gasteiger partial charge in [0.15, 0.2) is 0 Å². The molecule has 0 radical (unpaired) electrons. The Morgan fingerprint density at radius 2 is 1.78 bits per heavy atom. The lowest BCUT2D eigenvalue weighted by Gasteiger charge is -2.07. The van der Waals surface area contributed by atoms with Gasteiger partial charge in [0.25, 0.3) is 0 Å². The summed E-state index contributed by atoms with van der Waals surface area (Å²) in [4.78, 5) is 10.8. The van der Waals surface area contributed by atoms with E-state index in [-0.39, 0.29) is 6.42 Å². The summed E-state index contributed by atoms with van der Waals surface area (Å²) < 4.78 is 0. The normalized spacial score (nSPS) is 9.72. The molecule has 0 fully saturated rings. The molecule has 2 rings (SSSR count). The number of carboxylic acids is 1. The van der Waals surface area contributed by atoms with Gasteiger partial charge in [-0.2, -0.15) is 5.26 Å². The fourth-order valence-electron chi connectivity index (χ4n) is 1.84. The number of benzene rings is 2. The van der Waals surface area contributed by atoms with Crippen molar-refractivity contribution >= 4 is 5.97 Å². The van der Waals surface area contributed by atoms with Gasteiger partial charge >= 0.3 is 5.97 Å². The highest BCUT2D eigenvalue weighted by Gasteiger charge is 2.07. The Hall–Kier alpha value is -2.60. The summed E-state index contributed by atoms with van der Waals surface area (Å²) in [5.41, 5.74) is 3.18. The molecule has 3 heteroatoms. The van der Waals surface area contributed by atoms with Crippen LogP contribution in [-0.4, -0.2) is 11.1 Å². The molecule has 2 aromatic carbocycles. The minimum atomic E-state index is -0.851. The Labute approximate surface area is 105 Å². The molecule has 2 aromatic rings. The molecule has 0 atom stereocenters. The second kappa shape index (κ2) is 5.15. The Balaban J connectivity index is 2.43. The second-order valence-electron chi connectivity index (χ2n) is 3.92. The van der Waals surface area contributed by atoms with Crippen molar-refractivity contribution in [3.8, 4) is 17.2 Å². The van der Waals surface area contributed by atoms with E-state index in [4.69, 9.17) is 10.4 Å². The first kappa shape index (κ1) is 11.9. The molecular formula is C15H11NO2. The van der Waals surface area contributed by atoms with Crippen molar-refractivity contribution in [2.75, 3.05) is 0 Å². The maximum absolute atomic E-state index is 10.8. The van der Waals surface area contributed by atoms with Gasteiger partial charge in [0.05, 0.1) is 18.1 Å². The molecule has 3 nitrogen and oxygen atoms in total. The van der Waals surface area contributed by atoms with Gasteiger partial charge in [-0.3, -0.25) is 4.79 Å². The van der Waals surface area contributed by atoms with Gasteiger partial charge < -0.3 is 5.11 Å². The van der Waals surface area contributed by atoms with Crippen molar-refractivity contribution in [3.05, 3.63) is 59.7 Å². The van der Waals surface area contributed by atoms with Crippen LogP contribution >= 0.6 is 0 Å². The second-order valence-corrected chi connectivity index (χ2v) is 3.92. The van der Waals surface area contributed by atoms with Gasteiger partial charge in [0, 0.05) is 0 Å². The Kier molecular flexibility index (Phi) is 3.40. The minimum Gasteiger partial charge on any atom is -0.481 e. The maximum Gasteiger partial charge on any atom is 0.307 e. The van der Waals surface area contributed by atoms with Crippen molar-refractivity contribution in [2.45, 2.75) is 6.42 Å². The summed E-state index contributed by atoms with van der Waals surface area (Å²) in [6.07, 6.45) is -0.00379. The average molecular weight is 237 g/mol. The minimum absolute atomic E-state index is 0.00379. The summed E-state index contributed by atoms with van der Waals surface area (Å²) in [7, 11) is 0. The van der Waals surface area contributed by atoms with Crippen LogP contribution in [-0.2, 0) is 11.2 Å². The summed E-state index contributed by atoms with van der Waals surface area (Å²) in [6, 6.07) is 16.6. The first-order valence-electron chi connectivity index (χ1n) is 5.51. The zero-order valence-electron chi connectivity index (χ0n) is 9.63. The number of hydrogen-bond acceptors (Lipinski definition) is 2. The van der Waals surface area contributed by atoms with E-state index in [0.29, 0.717) is 5.56 Å². The summed E-state index contributed by atoms with van der Waals surface area (Å²) >= 11 is 0. The zero-order valence-corrected chi connectivity index (χ0v) is 9.63. The average Bonchev–Trinajstić information content (AvgIpc) is 2.39. The Morgan fingerprint density at radius 3 is 2.39 bits per heavy atom. The third kappa shape index (κ3) is 2.55. The predicted octanol–water partition coefficient (Wildman–Crippen LogP) is 2.85. The Bertz CT molecular complexity index is 609. The fourth-order valence-corrected chi connectivity index (χ4v) is 1.84. The van der Waals surface area contributed by atoms with E-state index in [9.17, 15) is 4.79 Å². The number of nitriles is 1. The smallest absolute Gasteiger partial charge is 0.307 e. The molecule has 0 spiro atoms. The molecule has 0 amide bonds. The number of hydrogen-bond donors (Lipinski definition) is 1. The van der Waals surface area contributed by atoms with E-state index in [1.807, 2.05) is 36.4 Å². The molecule has 0 bridgehead atoms. The van der Waals surface area contributed by atoms with E-state index in [1.54, 1.807) is 12.1 Å². The van der Waals surface area contributed by atoms with Crippen LogP contribution in [0, 0.1) is 11.3 Å². The van der Waals surface area contributed by atoms with Crippen LogP contribution in [0.5, 0.6) is 0 Å². The van der Waals surface area contributed by atoms with Crippen molar-refractivity contribution in [1.29, 1.82) is 5.26 Å². The predicted molar refractivity (Wildman–Crippen MR) is 67.9 cm³/mol. The number of carboxylic acid groups (broad SMARTS) is 1. The first-order chi connectivity index (χ1) is 8.70. The molecule has 1 N–H and O–H groups in total. The molecule has 88 valence electrons. The van der Waals surface area contributed by atoms with Gasteiger partial charge in [-0.25, -0.2) is 0 Å². The quantitative estimate of drug-likeness (QED) is 0.892. The molecule has 0 aliphatic heterocycles. The van der Waals surface area contributed by atoms with Crippen molar-refractivity contribution in [3.63, 3.8) is 0 Å². The topological polar surface area (TPSA) is 61.1 Å². The van der Waals surface area contributed by atoms with Gasteiger partial charge in [-0.15, -0.1) is 0 Å². The molecule has 18 heavy (non-hydrogen) atoms.